The van der Waals surface area contributed by atoms with E-state index in [-0.39, 0.29) is 0 Å². The first-order chi connectivity index (χ1) is 14.2. The largest absolute Gasteiger partial charge is 0.342 e. The van der Waals surface area contributed by atoms with E-state index in [9.17, 15) is 0 Å². The summed E-state index contributed by atoms with van der Waals surface area (Å²) in [6.45, 7) is 5.36. The molecule has 4 nitrogen and oxygen atoms in total. The van der Waals surface area contributed by atoms with Crippen LogP contribution in [-0.4, -0.2) is 34.1 Å². The number of hydrogen-bond donors (Lipinski definition) is 1. The zero-order chi connectivity index (χ0) is 19.8. The number of nitrogens with zero attached hydrogens (tertiary/aromatic N) is 3. The van der Waals surface area contributed by atoms with Crippen LogP contribution in [-0.2, 0) is 19.5 Å². The Morgan fingerprint density at radius 2 is 2.07 bits per heavy atom. The standard InChI is InChI=1S/C25H32N4/c1-18-9-10-24-21(14-18)22-16-28(2)13-11-25(22)29(24)17-23(19-6-5-12-26-15-19)27-20-7-3-4-8-20/h5-6,9-10,12,14-15,20,23,27H,3-4,7-8,11,13,16-17H2,1-2H3. The van der Waals surface area contributed by atoms with Crippen LogP contribution in [0.15, 0.2) is 42.7 Å². The first-order valence-corrected chi connectivity index (χ1v) is 11.1. The minimum atomic E-state index is 0.299. The fourth-order valence-corrected chi connectivity index (χ4v) is 5.30. The second kappa shape index (κ2) is 7.92. The van der Waals surface area contributed by atoms with Gasteiger partial charge in [-0.3, -0.25) is 4.98 Å². The maximum atomic E-state index is 4.42. The van der Waals surface area contributed by atoms with E-state index in [1.165, 1.54) is 59.0 Å². The van der Waals surface area contributed by atoms with Crippen molar-refractivity contribution in [3.8, 4) is 0 Å². The molecule has 1 atom stereocenters. The summed E-state index contributed by atoms with van der Waals surface area (Å²) in [6.07, 6.45) is 10.3. The van der Waals surface area contributed by atoms with Crippen molar-refractivity contribution in [2.24, 2.45) is 0 Å². The van der Waals surface area contributed by atoms with Crippen LogP contribution >= 0.6 is 0 Å². The molecule has 1 aromatic carbocycles. The number of aromatic nitrogens is 2. The molecule has 1 aliphatic heterocycles. The summed E-state index contributed by atoms with van der Waals surface area (Å²) >= 11 is 0. The minimum absolute atomic E-state index is 0.299. The van der Waals surface area contributed by atoms with E-state index >= 15 is 0 Å². The average molecular weight is 389 g/mol. The van der Waals surface area contributed by atoms with Gasteiger partial charge in [-0.2, -0.15) is 0 Å². The highest BCUT2D eigenvalue weighted by atomic mass is 15.1. The van der Waals surface area contributed by atoms with Crippen molar-refractivity contribution in [3.05, 3.63) is 65.1 Å². The molecule has 2 aliphatic rings. The molecular formula is C25H32N4. The van der Waals surface area contributed by atoms with Crippen molar-refractivity contribution in [2.75, 3.05) is 13.6 Å². The zero-order valence-corrected chi connectivity index (χ0v) is 17.7. The molecule has 3 aromatic rings. The highest BCUT2D eigenvalue weighted by molar-refractivity contribution is 5.86. The van der Waals surface area contributed by atoms with Gasteiger partial charge < -0.3 is 14.8 Å². The van der Waals surface area contributed by atoms with Gasteiger partial charge in [0.2, 0.25) is 0 Å². The second-order valence-electron chi connectivity index (χ2n) is 9.03. The molecule has 0 spiro atoms. The van der Waals surface area contributed by atoms with Crippen LogP contribution in [0.2, 0.25) is 0 Å². The lowest BCUT2D eigenvalue weighted by Crippen LogP contribution is -2.34. The fourth-order valence-electron chi connectivity index (χ4n) is 5.30. The maximum Gasteiger partial charge on any atom is 0.0519 e. The summed E-state index contributed by atoms with van der Waals surface area (Å²) in [7, 11) is 2.24. The molecule has 1 saturated carbocycles. The highest BCUT2D eigenvalue weighted by Crippen LogP contribution is 2.33. The number of fused-ring (bicyclic) bond motifs is 3. The third kappa shape index (κ3) is 3.72. The Morgan fingerprint density at radius 3 is 2.86 bits per heavy atom. The highest BCUT2D eigenvalue weighted by Gasteiger charge is 2.26. The Hall–Kier alpha value is -2.17. The van der Waals surface area contributed by atoms with E-state index < -0.39 is 0 Å². The SMILES string of the molecule is Cc1ccc2c(c1)c1c(n2CC(NC2CCCC2)c2cccnc2)CCN(C)C1. The van der Waals surface area contributed by atoms with Crippen LogP contribution in [0.1, 0.15) is 54.1 Å². The number of benzene rings is 1. The van der Waals surface area contributed by atoms with Crippen LogP contribution in [0.5, 0.6) is 0 Å². The predicted octanol–water partition coefficient (Wildman–Crippen LogP) is 4.61. The second-order valence-corrected chi connectivity index (χ2v) is 9.03. The van der Waals surface area contributed by atoms with E-state index in [4.69, 9.17) is 0 Å². The van der Waals surface area contributed by atoms with Gasteiger partial charge >= 0.3 is 0 Å². The van der Waals surface area contributed by atoms with Gasteiger partial charge in [-0.05, 0) is 56.1 Å². The summed E-state index contributed by atoms with van der Waals surface area (Å²) in [5.41, 5.74) is 7.10. The molecule has 1 N–H and O–H groups in total. The van der Waals surface area contributed by atoms with Gasteiger partial charge in [0.05, 0.1) is 6.04 Å². The first-order valence-electron chi connectivity index (χ1n) is 11.1. The lowest BCUT2D eigenvalue weighted by atomic mass is 10.0. The fraction of sp³-hybridized carbons (Fsp3) is 0.480. The van der Waals surface area contributed by atoms with Crippen molar-refractivity contribution < 1.29 is 0 Å². The smallest absolute Gasteiger partial charge is 0.0519 e. The van der Waals surface area contributed by atoms with Gasteiger partial charge in [0.1, 0.15) is 0 Å². The van der Waals surface area contributed by atoms with E-state index in [0.717, 1.165) is 26.1 Å². The lowest BCUT2D eigenvalue weighted by molar-refractivity contribution is 0.306. The van der Waals surface area contributed by atoms with Crippen LogP contribution in [0.25, 0.3) is 10.9 Å². The average Bonchev–Trinajstić information content (AvgIpc) is 3.35. The molecular weight excluding hydrogens is 356 g/mol. The van der Waals surface area contributed by atoms with Crippen LogP contribution in [0.3, 0.4) is 0 Å². The molecule has 1 fully saturated rings. The Morgan fingerprint density at radius 1 is 1.21 bits per heavy atom. The Kier molecular flexibility index (Phi) is 5.15. The molecule has 0 radical (unpaired) electrons. The van der Waals surface area contributed by atoms with Gasteiger partial charge in [0, 0.05) is 61.1 Å². The van der Waals surface area contributed by atoms with Gasteiger partial charge in [0.15, 0.2) is 0 Å². The van der Waals surface area contributed by atoms with Gasteiger partial charge in [0.25, 0.3) is 0 Å². The number of aryl methyl sites for hydroxylation is 1. The number of likely N-dealkylation sites (N-methyl/N-ethyl adjacent to an activating group) is 1. The number of rotatable bonds is 5. The Balaban J connectivity index is 1.56. The molecule has 152 valence electrons. The molecule has 2 aromatic heterocycles. The number of nitrogens with one attached hydrogen (secondary N) is 1. The van der Waals surface area contributed by atoms with Gasteiger partial charge in [-0.15, -0.1) is 0 Å². The molecule has 3 heterocycles. The molecule has 4 heteroatoms. The predicted molar refractivity (Wildman–Crippen MR) is 119 cm³/mol. The van der Waals surface area contributed by atoms with Crippen LogP contribution < -0.4 is 5.32 Å². The third-order valence-corrected chi connectivity index (χ3v) is 6.84. The Labute approximate surface area is 173 Å². The van der Waals surface area contributed by atoms with E-state index in [1.54, 1.807) is 0 Å². The maximum absolute atomic E-state index is 4.42. The zero-order valence-electron chi connectivity index (χ0n) is 17.7. The minimum Gasteiger partial charge on any atom is -0.342 e. The number of hydrogen-bond acceptors (Lipinski definition) is 3. The molecule has 29 heavy (non-hydrogen) atoms. The molecule has 5 rings (SSSR count). The third-order valence-electron chi connectivity index (χ3n) is 6.84. The van der Waals surface area contributed by atoms with Crippen molar-refractivity contribution in [3.63, 3.8) is 0 Å². The van der Waals surface area contributed by atoms with Crippen molar-refractivity contribution in [2.45, 2.75) is 64.2 Å². The van der Waals surface area contributed by atoms with Gasteiger partial charge in [-0.25, -0.2) is 0 Å². The van der Waals surface area contributed by atoms with Crippen molar-refractivity contribution >= 4 is 10.9 Å². The van der Waals surface area contributed by atoms with Crippen molar-refractivity contribution in [1.29, 1.82) is 0 Å². The normalized spacial score (nSPS) is 19.0. The molecule has 1 aliphatic carbocycles. The molecule has 0 amide bonds. The Bertz CT molecular complexity index is 985. The van der Waals surface area contributed by atoms with Crippen LogP contribution in [0, 0.1) is 6.92 Å². The molecule has 1 unspecified atom stereocenters. The summed E-state index contributed by atoms with van der Waals surface area (Å²) < 4.78 is 2.61. The van der Waals surface area contributed by atoms with Crippen molar-refractivity contribution in [1.82, 2.24) is 19.8 Å². The van der Waals surface area contributed by atoms with E-state index in [1.807, 2.05) is 12.4 Å². The van der Waals surface area contributed by atoms with Gasteiger partial charge in [-0.1, -0.05) is 30.5 Å². The lowest BCUT2D eigenvalue weighted by Gasteiger charge is -2.28. The van der Waals surface area contributed by atoms with E-state index in [2.05, 4.69) is 64.1 Å². The first kappa shape index (κ1) is 18.8. The molecule has 0 bridgehead atoms. The quantitative estimate of drug-likeness (QED) is 0.693. The molecule has 0 saturated heterocycles. The summed E-state index contributed by atoms with van der Waals surface area (Å²) in [6, 6.07) is 12.2. The van der Waals surface area contributed by atoms with Crippen LogP contribution in [0.4, 0.5) is 0 Å². The number of pyridine rings is 1. The topological polar surface area (TPSA) is 33.1 Å². The monoisotopic (exact) mass is 388 g/mol. The summed E-state index contributed by atoms with van der Waals surface area (Å²) in [5, 5.41) is 5.43. The summed E-state index contributed by atoms with van der Waals surface area (Å²) in [4.78, 5) is 6.87. The van der Waals surface area contributed by atoms with E-state index in [0.29, 0.717) is 12.1 Å². The summed E-state index contributed by atoms with van der Waals surface area (Å²) in [5.74, 6) is 0.